The van der Waals surface area contributed by atoms with Crippen LogP contribution in [0.4, 0.5) is 0 Å². The van der Waals surface area contributed by atoms with Gasteiger partial charge in [-0.2, -0.15) is 0 Å². The van der Waals surface area contributed by atoms with Gasteiger partial charge in [0.25, 0.3) is 0 Å². The number of aliphatic hydroxyl groups is 1. The van der Waals surface area contributed by atoms with Crippen molar-refractivity contribution in [3.8, 4) is 11.5 Å². The number of aromatic nitrogens is 1. The lowest BCUT2D eigenvalue weighted by Gasteiger charge is -2.10. The van der Waals surface area contributed by atoms with Crippen LogP contribution in [0, 0.1) is 0 Å². The minimum Gasteiger partial charge on any atom is -0.455 e. The van der Waals surface area contributed by atoms with Gasteiger partial charge in [-0.1, -0.05) is 18.5 Å². The number of aliphatic hydroxyl groups excluding tert-OH is 1. The SMILES string of the molecule is CC[C@@H](O)c1ccc(Oc2ccc(Cl)cc2Br)cn1. The molecular formula is C14H13BrClNO2. The molecule has 0 aliphatic rings. The van der Waals surface area contributed by atoms with Crippen LogP contribution in [0.1, 0.15) is 25.1 Å². The molecule has 0 saturated carbocycles. The van der Waals surface area contributed by atoms with E-state index in [0.717, 1.165) is 4.47 Å². The summed E-state index contributed by atoms with van der Waals surface area (Å²) >= 11 is 9.25. The third-order valence-corrected chi connectivity index (χ3v) is 3.46. The molecule has 0 aliphatic heterocycles. The van der Waals surface area contributed by atoms with Crippen LogP contribution in [0.25, 0.3) is 0 Å². The summed E-state index contributed by atoms with van der Waals surface area (Å²) in [4.78, 5) is 4.18. The number of ether oxygens (including phenoxy) is 1. The number of pyridine rings is 1. The molecule has 2 rings (SSSR count). The van der Waals surface area contributed by atoms with Gasteiger partial charge in [0.1, 0.15) is 11.5 Å². The van der Waals surface area contributed by atoms with Crippen molar-refractivity contribution in [3.63, 3.8) is 0 Å². The first kappa shape index (κ1) is 14.3. The van der Waals surface area contributed by atoms with Crippen molar-refractivity contribution in [2.75, 3.05) is 0 Å². The Bertz CT molecular complexity index is 560. The van der Waals surface area contributed by atoms with Gasteiger partial charge in [0.05, 0.1) is 22.5 Å². The molecule has 0 spiro atoms. The van der Waals surface area contributed by atoms with E-state index in [1.165, 1.54) is 0 Å². The first-order valence-electron chi connectivity index (χ1n) is 5.87. The summed E-state index contributed by atoms with van der Waals surface area (Å²) in [5.74, 6) is 1.27. The van der Waals surface area contributed by atoms with Gasteiger partial charge in [-0.25, -0.2) is 0 Å². The molecule has 1 aromatic carbocycles. The Kier molecular flexibility index (Phi) is 4.80. The maximum absolute atomic E-state index is 9.66. The van der Waals surface area contributed by atoms with Crippen molar-refractivity contribution >= 4 is 27.5 Å². The van der Waals surface area contributed by atoms with Crippen molar-refractivity contribution in [1.29, 1.82) is 0 Å². The van der Waals surface area contributed by atoms with Crippen molar-refractivity contribution in [2.24, 2.45) is 0 Å². The Balaban J connectivity index is 2.15. The van der Waals surface area contributed by atoms with E-state index >= 15 is 0 Å². The highest BCUT2D eigenvalue weighted by molar-refractivity contribution is 9.10. The van der Waals surface area contributed by atoms with Crippen LogP contribution in [0.5, 0.6) is 11.5 Å². The van der Waals surface area contributed by atoms with Crippen molar-refractivity contribution in [1.82, 2.24) is 4.98 Å². The lowest BCUT2D eigenvalue weighted by molar-refractivity contribution is 0.169. The first-order valence-corrected chi connectivity index (χ1v) is 7.04. The molecule has 0 fully saturated rings. The van der Waals surface area contributed by atoms with Crippen molar-refractivity contribution in [2.45, 2.75) is 19.4 Å². The quantitative estimate of drug-likeness (QED) is 0.873. The highest BCUT2D eigenvalue weighted by Gasteiger charge is 2.07. The highest BCUT2D eigenvalue weighted by Crippen LogP contribution is 2.31. The van der Waals surface area contributed by atoms with Gasteiger partial charge in [-0.3, -0.25) is 4.98 Å². The molecule has 0 bridgehead atoms. The monoisotopic (exact) mass is 341 g/mol. The summed E-state index contributed by atoms with van der Waals surface area (Å²) in [6.07, 6.45) is 1.70. The Morgan fingerprint density at radius 1 is 1.37 bits per heavy atom. The molecule has 2 aromatic rings. The third-order valence-electron chi connectivity index (χ3n) is 2.61. The molecule has 0 radical (unpaired) electrons. The summed E-state index contributed by atoms with van der Waals surface area (Å²) in [7, 11) is 0. The topological polar surface area (TPSA) is 42.4 Å². The maximum atomic E-state index is 9.66. The first-order chi connectivity index (χ1) is 9.10. The summed E-state index contributed by atoms with van der Waals surface area (Å²) < 4.78 is 6.46. The number of halogens is 2. The van der Waals surface area contributed by atoms with E-state index in [0.29, 0.717) is 28.6 Å². The molecule has 0 aliphatic carbocycles. The molecule has 0 saturated heterocycles. The normalized spacial score (nSPS) is 12.2. The Morgan fingerprint density at radius 2 is 2.16 bits per heavy atom. The second-order valence-corrected chi connectivity index (χ2v) is 5.31. The fourth-order valence-corrected chi connectivity index (χ4v) is 2.31. The number of hydrogen-bond acceptors (Lipinski definition) is 3. The van der Waals surface area contributed by atoms with E-state index in [-0.39, 0.29) is 0 Å². The Labute approximate surface area is 125 Å². The van der Waals surface area contributed by atoms with Gasteiger partial charge in [-0.15, -0.1) is 0 Å². The summed E-state index contributed by atoms with van der Waals surface area (Å²) in [5, 5.41) is 10.3. The van der Waals surface area contributed by atoms with E-state index < -0.39 is 6.10 Å². The van der Waals surface area contributed by atoms with Crippen LogP contribution in [0.3, 0.4) is 0 Å². The van der Waals surface area contributed by atoms with E-state index in [1.54, 1.807) is 36.5 Å². The number of hydrogen-bond donors (Lipinski definition) is 1. The van der Waals surface area contributed by atoms with Gasteiger partial charge >= 0.3 is 0 Å². The average molecular weight is 343 g/mol. The number of benzene rings is 1. The molecule has 1 N–H and O–H groups in total. The predicted molar refractivity (Wildman–Crippen MR) is 78.7 cm³/mol. The fourth-order valence-electron chi connectivity index (χ4n) is 1.54. The van der Waals surface area contributed by atoms with Crippen LogP contribution < -0.4 is 4.74 Å². The molecule has 1 aromatic heterocycles. The lowest BCUT2D eigenvalue weighted by Crippen LogP contribution is -1.98. The zero-order valence-corrected chi connectivity index (χ0v) is 12.6. The second-order valence-electron chi connectivity index (χ2n) is 4.02. The summed E-state index contributed by atoms with van der Waals surface area (Å²) in [5.41, 5.74) is 0.644. The fraction of sp³-hybridized carbons (Fsp3) is 0.214. The molecule has 100 valence electrons. The van der Waals surface area contributed by atoms with Crippen LogP contribution in [0.2, 0.25) is 5.02 Å². The van der Waals surface area contributed by atoms with E-state index in [4.69, 9.17) is 16.3 Å². The zero-order chi connectivity index (χ0) is 13.8. The van der Waals surface area contributed by atoms with E-state index in [2.05, 4.69) is 20.9 Å². The number of nitrogens with zero attached hydrogens (tertiary/aromatic N) is 1. The van der Waals surface area contributed by atoms with Gasteiger partial charge in [-0.05, 0) is 52.7 Å². The van der Waals surface area contributed by atoms with Gasteiger partial charge < -0.3 is 9.84 Å². The molecule has 5 heteroatoms. The maximum Gasteiger partial charge on any atom is 0.145 e. The smallest absolute Gasteiger partial charge is 0.145 e. The van der Waals surface area contributed by atoms with Gasteiger partial charge in [0.15, 0.2) is 0 Å². The largest absolute Gasteiger partial charge is 0.455 e. The Morgan fingerprint density at radius 3 is 2.74 bits per heavy atom. The lowest BCUT2D eigenvalue weighted by atomic mass is 10.2. The zero-order valence-electron chi connectivity index (χ0n) is 10.3. The van der Waals surface area contributed by atoms with Crippen LogP contribution in [-0.4, -0.2) is 10.1 Å². The Hall–Kier alpha value is -1.10. The minimum absolute atomic E-state index is 0.531. The molecule has 1 heterocycles. The van der Waals surface area contributed by atoms with Crippen molar-refractivity contribution < 1.29 is 9.84 Å². The summed E-state index contributed by atoms with van der Waals surface area (Å²) in [6.45, 7) is 1.90. The van der Waals surface area contributed by atoms with Crippen molar-refractivity contribution in [3.05, 3.63) is 51.7 Å². The predicted octanol–water partition coefficient (Wildman–Crippen LogP) is 4.73. The molecule has 0 amide bonds. The second kappa shape index (κ2) is 6.37. The summed E-state index contributed by atoms with van der Waals surface area (Å²) in [6, 6.07) is 8.83. The third kappa shape index (κ3) is 3.69. The molecule has 1 atom stereocenters. The standard InChI is InChI=1S/C14H13BrClNO2/c1-2-13(18)12-5-4-10(8-17-12)19-14-6-3-9(16)7-11(14)15/h3-8,13,18H,2H2,1H3/t13-/m1/s1. The molecular weight excluding hydrogens is 330 g/mol. The molecule has 0 unspecified atom stereocenters. The van der Waals surface area contributed by atoms with E-state index in [1.807, 2.05) is 6.92 Å². The van der Waals surface area contributed by atoms with Crippen LogP contribution in [-0.2, 0) is 0 Å². The van der Waals surface area contributed by atoms with Crippen LogP contribution >= 0.6 is 27.5 Å². The molecule has 19 heavy (non-hydrogen) atoms. The molecule has 3 nitrogen and oxygen atoms in total. The highest BCUT2D eigenvalue weighted by atomic mass is 79.9. The average Bonchev–Trinajstić information content (AvgIpc) is 2.42. The van der Waals surface area contributed by atoms with Gasteiger partial charge in [0, 0.05) is 5.02 Å². The van der Waals surface area contributed by atoms with E-state index in [9.17, 15) is 5.11 Å². The van der Waals surface area contributed by atoms with Gasteiger partial charge in [0.2, 0.25) is 0 Å². The van der Waals surface area contributed by atoms with Crippen LogP contribution in [0.15, 0.2) is 41.0 Å². The number of rotatable bonds is 4. The minimum atomic E-state index is -0.531.